The summed E-state index contributed by atoms with van der Waals surface area (Å²) in [6.07, 6.45) is 0. The Morgan fingerprint density at radius 1 is 1.18 bits per heavy atom. The van der Waals surface area contributed by atoms with Gasteiger partial charge in [0.05, 0.1) is 11.6 Å². The van der Waals surface area contributed by atoms with E-state index in [0.717, 1.165) is 5.69 Å². The Morgan fingerprint density at radius 2 is 1.89 bits per heavy atom. The number of hydrogen-bond acceptors (Lipinski definition) is 5. The molecule has 0 saturated heterocycles. The second kappa shape index (κ2) is 7.18. The fourth-order valence-corrected chi connectivity index (χ4v) is 3.21. The molecule has 0 spiro atoms. The molecule has 0 radical (unpaired) electrons. The Kier molecular flexibility index (Phi) is 4.70. The quantitative estimate of drug-likeness (QED) is 0.510. The SMILES string of the molecule is CN(Cc1oc2nc(-c3ccccc3Cl)nn2c1C(=O)O)c1ccc(Cl)cc1. The predicted octanol–water partition coefficient (Wildman–Crippen LogP) is 4.63. The summed E-state index contributed by atoms with van der Waals surface area (Å²) >= 11 is 12.1. The molecule has 0 unspecified atom stereocenters. The average molecular weight is 417 g/mol. The molecule has 0 fully saturated rings. The number of halogens is 2. The molecule has 0 aliphatic carbocycles. The predicted molar refractivity (Wildman–Crippen MR) is 106 cm³/mol. The normalized spacial score (nSPS) is 11.1. The van der Waals surface area contributed by atoms with Gasteiger partial charge in [0.25, 0.3) is 0 Å². The maximum Gasteiger partial charge on any atom is 0.358 e. The van der Waals surface area contributed by atoms with Crippen LogP contribution in [0.15, 0.2) is 52.9 Å². The Bertz CT molecular complexity index is 1170. The zero-order valence-corrected chi connectivity index (χ0v) is 16.1. The lowest BCUT2D eigenvalue weighted by molar-refractivity contribution is 0.0685. The summed E-state index contributed by atoms with van der Waals surface area (Å²) in [5, 5.41) is 15.1. The molecule has 9 heteroatoms. The molecule has 0 amide bonds. The summed E-state index contributed by atoms with van der Waals surface area (Å²) in [7, 11) is 1.82. The van der Waals surface area contributed by atoms with Gasteiger partial charge in [-0.05, 0) is 36.4 Å². The average Bonchev–Trinajstić information content (AvgIpc) is 3.19. The van der Waals surface area contributed by atoms with Crippen LogP contribution in [0.1, 0.15) is 16.2 Å². The second-order valence-corrected chi connectivity index (χ2v) is 6.96. The number of carboxylic acid groups (broad SMARTS) is 1. The third-order valence-electron chi connectivity index (χ3n) is 4.23. The molecule has 0 saturated carbocycles. The number of hydrogen-bond donors (Lipinski definition) is 1. The van der Waals surface area contributed by atoms with Gasteiger partial charge in [-0.15, -0.1) is 5.10 Å². The number of nitrogens with zero attached hydrogens (tertiary/aromatic N) is 4. The highest BCUT2D eigenvalue weighted by Gasteiger charge is 2.25. The summed E-state index contributed by atoms with van der Waals surface area (Å²) < 4.78 is 6.90. The highest BCUT2D eigenvalue weighted by atomic mass is 35.5. The van der Waals surface area contributed by atoms with Crippen molar-refractivity contribution in [2.24, 2.45) is 0 Å². The van der Waals surface area contributed by atoms with Crippen LogP contribution >= 0.6 is 23.2 Å². The lowest BCUT2D eigenvalue weighted by atomic mass is 10.2. The van der Waals surface area contributed by atoms with E-state index in [1.54, 1.807) is 36.4 Å². The van der Waals surface area contributed by atoms with E-state index in [4.69, 9.17) is 27.6 Å². The molecule has 28 heavy (non-hydrogen) atoms. The van der Waals surface area contributed by atoms with E-state index in [9.17, 15) is 9.90 Å². The van der Waals surface area contributed by atoms with Gasteiger partial charge >= 0.3 is 11.8 Å². The van der Waals surface area contributed by atoms with E-state index in [-0.39, 0.29) is 23.8 Å². The summed E-state index contributed by atoms with van der Waals surface area (Å²) in [5.41, 5.74) is 1.38. The number of rotatable bonds is 5. The summed E-state index contributed by atoms with van der Waals surface area (Å²) in [4.78, 5) is 18.0. The molecule has 2 aromatic carbocycles. The maximum atomic E-state index is 11.9. The number of fused-ring (bicyclic) bond motifs is 1. The van der Waals surface area contributed by atoms with Crippen LogP contribution in [-0.4, -0.2) is 32.7 Å². The smallest absolute Gasteiger partial charge is 0.358 e. The van der Waals surface area contributed by atoms with Crippen molar-refractivity contribution in [1.82, 2.24) is 14.6 Å². The number of anilines is 1. The minimum absolute atomic E-state index is 0.0818. The standard InChI is InChI=1S/C19H14Cl2N4O3/c1-24(12-8-6-11(20)7-9-12)10-15-16(18(26)27)25-19(28-15)22-17(23-25)13-4-2-3-5-14(13)21/h2-9H,10H2,1H3,(H,26,27). The highest BCUT2D eigenvalue weighted by molar-refractivity contribution is 6.33. The first-order valence-electron chi connectivity index (χ1n) is 8.27. The first kappa shape index (κ1) is 18.3. The number of carboxylic acids is 1. The van der Waals surface area contributed by atoms with Crippen molar-refractivity contribution >= 4 is 40.7 Å². The fourth-order valence-electron chi connectivity index (χ4n) is 2.86. The first-order valence-corrected chi connectivity index (χ1v) is 9.03. The van der Waals surface area contributed by atoms with Crippen LogP contribution < -0.4 is 4.90 Å². The van der Waals surface area contributed by atoms with Gasteiger partial charge in [-0.3, -0.25) is 0 Å². The monoisotopic (exact) mass is 416 g/mol. The summed E-state index contributed by atoms with van der Waals surface area (Å²) in [5.74, 6) is -0.532. The lowest BCUT2D eigenvalue weighted by Gasteiger charge is -2.18. The molecule has 4 aromatic rings. The Morgan fingerprint density at radius 3 is 2.57 bits per heavy atom. The lowest BCUT2D eigenvalue weighted by Crippen LogP contribution is -2.18. The third-order valence-corrected chi connectivity index (χ3v) is 4.81. The molecular formula is C19H14Cl2N4O3. The molecule has 7 nitrogen and oxygen atoms in total. The maximum absolute atomic E-state index is 11.9. The molecule has 2 aromatic heterocycles. The second-order valence-electron chi connectivity index (χ2n) is 6.12. The zero-order valence-electron chi connectivity index (χ0n) is 14.6. The Balaban J connectivity index is 1.72. The molecule has 142 valence electrons. The van der Waals surface area contributed by atoms with E-state index in [1.807, 2.05) is 24.1 Å². The van der Waals surface area contributed by atoms with Gasteiger partial charge in [0.15, 0.2) is 17.3 Å². The van der Waals surface area contributed by atoms with E-state index < -0.39 is 5.97 Å². The van der Waals surface area contributed by atoms with Gasteiger partial charge in [0, 0.05) is 23.3 Å². The van der Waals surface area contributed by atoms with Gasteiger partial charge < -0.3 is 14.4 Å². The number of benzene rings is 2. The van der Waals surface area contributed by atoms with Crippen molar-refractivity contribution in [2.75, 3.05) is 11.9 Å². The van der Waals surface area contributed by atoms with Gasteiger partial charge in [-0.2, -0.15) is 9.50 Å². The number of aromatic nitrogens is 3. The molecule has 0 bridgehead atoms. The highest BCUT2D eigenvalue weighted by Crippen LogP contribution is 2.27. The largest absolute Gasteiger partial charge is 0.476 e. The van der Waals surface area contributed by atoms with E-state index in [1.165, 1.54) is 4.52 Å². The fraction of sp³-hybridized carbons (Fsp3) is 0.105. The van der Waals surface area contributed by atoms with Crippen LogP contribution in [-0.2, 0) is 6.54 Å². The molecule has 0 aliphatic heterocycles. The van der Waals surface area contributed by atoms with Crippen LogP contribution in [0.5, 0.6) is 0 Å². The van der Waals surface area contributed by atoms with Gasteiger partial charge in [0.1, 0.15) is 0 Å². The van der Waals surface area contributed by atoms with Crippen LogP contribution in [0.4, 0.5) is 5.69 Å². The molecule has 0 aliphatic rings. The van der Waals surface area contributed by atoms with E-state index in [0.29, 0.717) is 21.4 Å². The van der Waals surface area contributed by atoms with Crippen molar-refractivity contribution < 1.29 is 14.3 Å². The minimum Gasteiger partial charge on any atom is -0.476 e. The Hall–Kier alpha value is -3.03. The molecular weight excluding hydrogens is 403 g/mol. The zero-order chi connectivity index (χ0) is 19.8. The van der Waals surface area contributed by atoms with Crippen LogP contribution in [0.25, 0.3) is 17.2 Å². The first-order chi connectivity index (χ1) is 13.4. The van der Waals surface area contributed by atoms with Crippen LogP contribution in [0.2, 0.25) is 10.0 Å². The van der Waals surface area contributed by atoms with Crippen molar-refractivity contribution in [3.8, 4) is 11.4 Å². The van der Waals surface area contributed by atoms with Gasteiger partial charge in [-0.1, -0.05) is 35.3 Å². The molecule has 0 atom stereocenters. The van der Waals surface area contributed by atoms with E-state index >= 15 is 0 Å². The van der Waals surface area contributed by atoms with Gasteiger partial charge in [-0.25, -0.2) is 4.79 Å². The van der Waals surface area contributed by atoms with E-state index in [2.05, 4.69) is 10.1 Å². The number of aromatic carboxylic acids is 1. The van der Waals surface area contributed by atoms with Crippen molar-refractivity contribution in [3.05, 3.63) is 70.0 Å². The third kappa shape index (κ3) is 3.30. The molecule has 2 heterocycles. The number of carbonyl (C=O) groups is 1. The van der Waals surface area contributed by atoms with Crippen molar-refractivity contribution in [3.63, 3.8) is 0 Å². The topological polar surface area (TPSA) is 83.9 Å². The summed E-state index contributed by atoms with van der Waals surface area (Å²) in [6.45, 7) is 0.218. The van der Waals surface area contributed by atoms with Gasteiger partial charge in [0.2, 0.25) is 0 Å². The van der Waals surface area contributed by atoms with Crippen molar-refractivity contribution in [1.29, 1.82) is 0 Å². The number of oxazole rings is 1. The van der Waals surface area contributed by atoms with Crippen LogP contribution in [0.3, 0.4) is 0 Å². The van der Waals surface area contributed by atoms with Crippen molar-refractivity contribution in [2.45, 2.75) is 6.54 Å². The van der Waals surface area contributed by atoms with Crippen LogP contribution in [0, 0.1) is 0 Å². The summed E-state index contributed by atoms with van der Waals surface area (Å²) in [6, 6.07) is 14.3. The minimum atomic E-state index is -1.16. The molecule has 4 rings (SSSR count). The molecule has 1 N–H and O–H groups in total. The Labute approximate surface area is 169 Å².